The molecular formula is C28H25FO8. The molecular weight excluding hydrogens is 483 g/mol. The van der Waals surface area contributed by atoms with Gasteiger partial charge in [0.25, 0.3) is 0 Å². The fraction of sp³-hybridized carbons (Fsp3) is 0.250. The van der Waals surface area contributed by atoms with Crippen LogP contribution < -0.4 is 0 Å². The van der Waals surface area contributed by atoms with Crippen LogP contribution in [0.5, 0.6) is 0 Å². The van der Waals surface area contributed by atoms with Crippen LogP contribution in [0, 0.1) is 0 Å². The molecule has 1 saturated heterocycles. The van der Waals surface area contributed by atoms with E-state index in [-0.39, 0.29) is 23.3 Å². The van der Waals surface area contributed by atoms with E-state index in [4.69, 9.17) is 23.7 Å². The Morgan fingerprint density at radius 1 is 0.649 bits per heavy atom. The summed E-state index contributed by atoms with van der Waals surface area (Å²) < 4.78 is 42.7. The van der Waals surface area contributed by atoms with Gasteiger partial charge in [0.15, 0.2) is 18.3 Å². The van der Waals surface area contributed by atoms with Crippen molar-refractivity contribution in [3.8, 4) is 0 Å². The second kappa shape index (κ2) is 12.2. The van der Waals surface area contributed by atoms with Crippen LogP contribution in [0.2, 0.25) is 0 Å². The summed E-state index contributed by atoms with van der Waals surface area (Å²) in [4.78, 5) is 38.7. The van der Waals surface area contributed by atoms with Crippen molar-refractivity contribution in [1.82, 2.24) is 0 Å². The van der Waals surface area contributed by atoms with Gasteiger partial charge in [-0.15, -0.1) is 0 Å². The second-order valence-corrected chi connectivity index (χ2v) is 8.19. The molecule has 1 aliphatic rings. The van der Waals surface area contributed by atoms with E-state index >= 15 is 4.39 Å². The predicted molar refractivity (Wildman–Crippen MR) is 129 cm³/mol. The molecule has 1 fully saturated rings. The van der Waals surface area contributed by atoms with E-state index in [0.29, 0.717) is 0 Å². The van der Waals surface area contributed by atoms with E-state index in [9.17, 15) is 14.4 Å². The third kappa shape index (κ3) is 6.38. The molecule has 192 valence electrons. The molecule has 8 nitrogen and oxygen atoms in total. The lowest BCUT2D eigenvalue weighted by Crippen LogP contribution is -2.61. The molecule has 0 unspecified atom stereocenters. The van der Waals surface area contributed by atoms with Gasteiger partial charge in [0.05, 0.1) is 23.3 Å². The minimum Gasteiger partial charge on any atom is -0.452 e. The Balaban J connectivity index is 1.67. The number of esters is 3. The molecule has 0 bridgehead atoms. The number of alkyl halides is 1. The summed E-state index contributed by atoms with van der Waals surface area (Å²) in [7, 11) is 1.36. The van der Waals surface area contributed by atoms with Crippen LogP contribution in [0.25, 0.3) is 0 Å². The minimum absolute atomic E-state index is 0.152. The molecule has 3 aromatic carbocycles. The summed E-state index contributed by atoms with van der Waals surface area (Å²) in [6.45, 7) is -0.189. The normalized spacial score (nSPS) is 23.0. The standard InChI is InChI=1S/C28H25FO8/c1-33-17-21-22(35-26(30)18-11-5-2-6-12-18)23(36-27(31)19-13-7-3-8-14-19)24(25(29)34-21)37-28(32)20-15-9-4-10-16-20/h2-16,21-25H,17H2,1H3/t21-,22-,23+,24-,25-/m1/s1. The summed E-state index contributed by atoms with van der Waals surface area (Å²) in [5.41, 5.74) is 0.542. The van der Waals surface area contributed by atoms with Gasteiger partial charge in [-0.05, 0) is 36.4 Å². The first kappa shape index (κ1) is 26.0. The Labute approximate surface area is 212 Å². The van der Waals surface area contributed by atoms with Gasteiger partial charge in [-0.2, -0.15) is 0 Å². The Morgan fingerprint density at radius 3 is 1.43 bits per heavy atom. The topological polar surface area (TPSA) is 97.4 Å². The highest BCUT2D eigenvalue weighted by molar-refractivity contribution is 5.91. The fourth-order valence-electron chi connectivity index (χ4n) is 3.86. The summed E-state index contributed by atoms with van der Waals surface area (Å²) in [5, 5.41) is 0. The van der Waals surface area contributed by atoms with Gasteiger partial charge < -0.3 is 23.7 Å². The number of benzene rings is 3. The van der Waals surface area contributed by atoms with E-state index in [1.54, 1.807) is 54.6 Å². The van der Waals surface area contributed by atoms with E-state index in [1.807, 2.05) is 0 Å². The Kier molecular flexibility index (Phi) is 8.60. The Bertz CT molecular complexity index is 1190. The van der Waals surface area contributed by atoms with Gasteiger partial charge in [0.1, 0.15) is 6.10 Å². The molecule has 5 atom stereocenters. The zero-order valence-corrected chi connectivity index (χ0v) is 19.9. The summed E-state index contributed by atoms with van der Waals surface area (Å²) >= 11 is 0. The van der Waals surface area contributed by atoms with Crippen LogP contribution in [0.15, 0.2) is 91.0 Å². The van der Waals surface area contributed by atoms with Gasteiger partial charge in [-0.3, -0.25) is 0 Å². The first-order valence-electron chi connectivity index (χ1n) is 11.5. The van der Waals surface area contributed by atoms with Crippen molar-refractivity contribution in [3.05, 3.63) is 108 Å². The average Bonchev–Trinajstić information content (AvgIpc) is 2.94. The number of ether oxygens (including phenoxy) is 5. The molecule has 0 amide bonds. The number of hydrogen-bond donors (Lipinski definition) is 0. The maximum atomic E-state index is 15.3. The largest absolute Gasteiger partial charge is 0.452 e. The van der Waals surface area contributed by atoms with E-state index in [1.165, 1.54) is 43.5 Å². The van der Waals surface area contributed by atoms with Crippen molar-refractivity contribution in [1.29, 1.82) is 0 Å². The molecule has 0 N–H and O–H groups in total. The van der Waals surface area contributed by atoms with Gasteiger partial charge in [0.2, 0.25) is 6.36 Å². The van der Waals surface area contributed by atoms with Crippen molar-refractivity contribution >= 4 is 17.9 Å². The van der Waals surface area contributed by atoms with E-state index in [2.05, 4.69) is 0 Å². The quantitative estimate of drug-likeness (QED) is 0.333. The van der Waals surface area contributed by atoms with Crippen LogP contribution >= 0.6 is 0 Å². The Morgan fingerprint density at radius 2 is 1.03 bits per heavy atom. The first-order chi connectivity index (χ1) is 18.0. The van der Waals surface area contributed by atoms with Crippen LogP contribution in [-0.2, 0) is 23.7 Å². The molecule has 0 saturated carbocycles. The molecule has 1 heterocycles. The summed E-state index contributed by atoms with van der Waals surface area (Å²) in [6, 6.07) is 24.0. The molecule has 1 aliphatic heterocycles. The minimum atomic E-state index is -2.20. The van der Waals surface area contributed by atoms with Crippen LogP contribution in [0.1, 0.15) is 31.1 Å². The smallest absolute Gasteiger partial charge is 0.338 e. The number of carbonyl (C=O) groups is 3. The van der Waals surface area contributed by atoms with E-state index < -0.39 is 48.7 Å². The molecule has 37 heavy (non-hydrogen) atoms. The van der Waals surface area contributed by atoms with E-state index in [0.717, 1.165) is 0 Å². The highest BCUT2D eigenvalue weighted by atomic mass is 19.1. The molecule has 0 spiro atoms. The maximum absolute atomic E-state index is 15.3. The molecule has 9 heteroatoms. The lowest BCUT2D eigenvalue weighted by atomic mass is 9.98. The zero-order valence-electron chi connectivity index (χ0n) is 19.9. The third-order valence-electron chi connectivity index (χ3n) is 5.67. The first-order valence-corrected chi connectivity index (χ1v) is 11.5. The average molecular weight is 508 g/mol. The number of carbonyl (C=O) groups excluding carboxylic acids is 3. The summed E-state index contributed by atoms with van der Waals surface area (Å²) in [6.07, 6.45) is -8.00. The maximum Gasteiger partial charge on any atom is 0.338 e. The van der Waals surface area contributed by atoms with Crippen LogP contribution in [0.4, 0.5) is 4.39 Å². The highest BCUT2D eigenvalue weighted by Gasteiger charge is 2.53. The van der Waals surface area contributed by atoms with Crippen LogP contribution in [-0.4, -0.2) is 62.4 Å². The number of halogens is 1. The highest BCUT2D eigenvalue weighted by Crippen LogP contribution is 2.31. The van der Waals surface area contributed by atoms with Crippen molar-refractivity contribution in [3.63, 3.8) is 0 Å². The van der Waals surface area contributed by atoms with Crippen molar-refractivity contribution in [2.75, 3.05) is 13.7 Å². The van der Waals surface area contributed by atoms with Gasteiger partial charge >= 0.3 is 17.9 Å². The van der Waals surface area contributed by atoms with Gasteiger partial charge in [-0.25, -0.2) is 18.8 Å². The molecule has 0 aliphatic carbocycles. The monoisotopic (exact) mass is 508 g/mol. The van der Waals surface area contributed by atoms with Crippen molar-refractivity contribution in [2.45, 2.75) is 30.8 Å². The van der Waals surface area contributed by atoms with Gasteiger partial charge in [0, 0.05) is 7.11 Å². The molecule has 3 aromatic rings. The Hall–Kier alpha value is -4.08. The predicted octanol–water partition coefficient (Wildman–Crippen LogP) is 4.00. The third-order valence-corrected chi connectivity index (χ3v) is 5.67. The van der Waals surface area contributed by atoms with Crippen molar-refractivity contribution < 1.29 is 42.5 Å². The SMILES string of the molecule is COC[C@H]1O[C@@H](F)[C@H](OC(=O)c2ccccc2)[C@@H](OC(=O)c2ccccc2)[C@@H]1OC(=O)c1ccccc1. The molecule has 4 rings (SSSR count). The molecule has 0 aromatic heterocycles. The number of rotatable bonds is 8. The number of methoxy groups -OCH3 is 1. The van der Waals surface area contributed by atoms with Crippen molar-refractivity contribution in [2.24, 2.45) is 0 Å². The van der Waals surface area contributed by atoms with Crippen LogP contribution in [0.3, 0.4) is 0 Å². The zero-order chi connectivity index (χ0) is 26.2. The molecule has 0 radical (unpaired) electrons. The fourth-order valence-corrected chi connectivity index (χ4v) is 3.86. The second-order valence-electron chi connectivity index (χ2n) is 8.19. The lowest BCUT2D eigenvalue weighted by molar-refractivity contribution is -0.262. The summed E-state index contributed by atoms with van der Waals surface area (Å²) in [5.74, 6) is -2.45. The number of hydrogen-bond acceptors (Lipinski definition) is 8. The lowest BCUT2D eigenvalue weighted by Gasteiger charge is -2.42. The van der Waals surface area contributed by atoms with Gasteiger partial charge in [-0.1, -0.05) is 54.6 Å².